The maximum atomic E-state index is 5.74. The highest BCUT2D eigenvalue weighted by Gasteiger charge is 2.26. The van der Waals surface area contributed by atoms with E-state index in [1.54, 1.807) is 7.11 Å². The van der Waals surface area contributed by atoms with Crippen molar-refractivity contribution in [3.8, 4) is 5.75 Å². The maximum absolute atomic E-state index is 5.74. The molecule has 1 aliphatic rings. The van der Waals surface area contributed by atoms with Gasteiger partial charge in [-0.25, -0.2) is 4.99 Å². The molecule has 0 saturated carbocycles. The third-order valence-corrected chi connectivity index (χ3v) is 5.94. The summed E-state index contributed by atoms with van der Waals surface area (Å²) in [5.41, 5.74) is 1.15. The average Bonchev–Trinajstić information content (AvgIpc) is 3.27. The predicted octanol–water partition coefficient (Wildman–Crippen LogP) is 3.27. The number of morpholine rings is 1. The van der Waals surface area contributed by atoms with Gasteiger partial charge in [-0.3, -0.25) is 4.90 Å². The van der Waals surface area contributed by atoms with Gasteiger partial charge in [-0.1, -0.05) is 18.2 Å². The van der Waals surface area contributed by atoms with Gasteiger partial charge in [-0.05, 0) is 43.0 Å². The number of ether oxygens (including phenoxy) is 2. The Labute approximate surface area is 177 Å². The van der Waals surface area contributed by atoms with Crippen LogP contribution in [0.2, 0.25) is 0 Å². The van der Waals surface area contributed by atoms with E-state index < -0.39 is 0 Å². The zero-order valence-corrected chi connectivity index (χ0v) is 18.4. The fourth-order valence-corrected chi connectivity index (χ4v) is 4.32. The molecule has 29 heavy (non-hydrogen) atoms. The zero-order chi connectivity index (χ0) is 20.5. The lowest BCUT2D eigenvalue weighted by Crippen LogP contribution is -2.48. The number of aliphatic imine (C=N–C) groups is 1. The van der Waals surface area contributed by atoms with Crippen molar-refractivity contribution in [1.82, 2.24) is 15.5 Å². The molecule has 1 aromatic heterocycles. The number of hydrogen-bond acceptors (Lipinski definition) is 5. The first-order valence-electron chi connectivity index (χ1n) is 10.2. The monoisotopic (exact) mass is 416 g/mol. The fourth-order valence-electron chi connectivity index (χ4n) is 3.46. The smallest absolute Gasteiger partial charge is 0.191 e. The zero-order valence-electron chi connectivity index (χ0n) is 17.6. The number of guanidine groups is 1. The Kier molecular flexibility index (Phi) is 8.34. The minimum atomic E-state index is 0.267. The highest BCUT2D eigenvalue weighted by molar-refractivity contribution is 7.10. The van der Waals surface area contributed by atoms with Gasteiger partial charge in [0.1, 0.15) is 5.75 Å². The van der Waals surface area contributed by atoms with E-state index in [-0.39, 0.29) is 6.10 Å². The Hall–Kier alpha value is -2.09. The van der Waals surface area contributed by atoms with E-state index in [0.29, 0.717) is 12.6 Å². The van der Waals surface area contributed by atoms with Crippen molar-refractivity contribution in [2.24, 2.45) is 4.99 Å². The molecule has 0 radical (unpaired) electrons. The van der Waals surface area contributed by atoms with Crippen LogP contribution in [0.5, 0.6) is 5.75 Å². The van der Waals surface area contributed by atoms with E-state index in [1.165, 1.54) is 4.88 Å². The van der Waals surface area contributed by atoms with Crippen LogP contribution in [0.25, 0.3) is 0 Å². The van der Waals surface area contributed by atoms with Gasteiger partial charge in [-0.2, -0.15) is 0 Å². The second kappa shape index (κ2) is 11.2. The van der Waals surface area contributed by atoms with E-state index in [2.05, 4.69) is 59.0 Å². The summed E-state index contributed by atoms with van der Waals surface area (Å²) < 4.78 is 11.0. The molecule has 158 valence electrons. The molecule has 0 spiro atoms. The number of hydrogen-bond donors (Lipinski definition) is 2. The largest absolute Gasteiger partial charge is 0.497 e. The molecule has 7 heteroatoms. The van der Waals surface area contributed by atoms with E-state index in [1.807, 2.05) is 23.5 Å². The minimum Gasteiger partial charge on any atom is -0.497 e. The summed E-state index contributed by atoms with van der Waals surface area (Å²) in [6.45, 7) is 9.18. The highest BCUT2D eigenvalue weighted by Crippen LogP contribution is 2.26. The van der Waals surface area contributed by atoms with Crippen LogP contribution < -0.4 is 15.4 Å². The van der Waals surface area contributed by atoms with Gasteiger partial charge >= 0.3 is 0 Å². The molecule has 0 aliphatic carbocycles. The van der Waals surface area contributed by atoms with E-state index in [0.717, 1.165) is 50.1 Å². The Morgan fingerprint density at radius 3 is 2.79 bits per heavy atom. The summed E-state index contributed by atoms with van der Waals surface area (Å²) in [4.78, 5) is 8.65. The van der Waals surface area contributed by atoms with E-state index in [9.17, 15) is 0 Å². The Morgan fingerprint density at radius 2 is 2.14 bits per heavy atom. The number of rotatable bonds is 8. The minimum absolute atomic E-state index is 0.267. The summed E-state index contributed by atoms with van der Waals surface area (Å²) in [5.74, 6) is 1.70. The lowest BCUT2D eigenvalue weighted by molar-refractivity contribution is -0.0334. The van der Waals surface area contributed by atoms with Crippen molar-refractivity contribution in [1.29, 1.82) is 0 Å². The van der Waals surface area contributed by atoms with Crippen molar-refractivity contribution in [2.45, 2.75) is 32.5 Å². The topological polar surface area (TPSA) is 58.1 Å². The maximum Gasteiger partial charge on any atom is 0.191 e. The lowest BCUT2D eigenvalue weighted by atomic mass is 10.1. The number of methoxy groups -OCH3 is 1. The molecule has 2 N–H and O–H groups in total. The lowest BCUT2D eigenvalue weighted by Gasteiger charge is -2.37. The summed E-state index contributed by atoms with van der Waals surface area (Å²) >= 11 is 1.81. The van der Waals surface area contributed by atoms with Crippen LogP contribution in [-0.2, 0) is 11.3 Å². The number of benzene rings is 1. The van der Waals surface area contributed by atoms with Crippen LogP contribution >= 0.6 is 11.3 Å². The molecule has 0 amide bonds. The summed E-state index contributed by atoms with van der Waals surface area (Å²) in [7, 11) is 1.68. The van der Waals surface area contributed by atoms with Crippen LogP contribution in [-0.4, -0.2) is 56.9 Å². The van der Waals surface area contributed by atoms with Gasteiger partial charge in [-0.15, -0.1) is 11.3 Å². The molecular weight excluding hydrogens is 384 g/mol. The van der Waals surface area contributed by atoms with Gasteiger partial charge in [0.15, 0.2) is 5.96 Å². The molecule has 1 saturated heterocycles. The molecule has 2 unspecified atom stereocenters. The molecule has 2 heterocycles. The number of thiophene rings is 1. The average molecular weight is 417 g/mol. The van der Waals surface area contributed by atoms with Gasteiger partial charge in [0.05, 0.1) is 32.4 Å². The third kappa shape index (κ3) is 6.45. The van der Waals surface area contributed by atoms with Crippen LogP contribution in [0.4, 0.5) is 0 Å². The third-order valence-electron chi connectivity index (χ3n) is 4.97. The first-order valence-corrected chi connectivity index (χ1v) is 11.1. The van der Waals surface area contributed by atoms with Crippen molar-refractivity contribution >= 4 is 17.3 Å². The molecule has 2 aromatic rings. The summed E-state index contributed by atoms with van der Waals surface area (Å²) in [6, 6.07) is 12.7. The Morgan fingerprint density at radius 1 is 1.31 bits per heavy atom. The van der Waals surface area contributed by atoms with Gasteiger partial charge < -0.3 is 20.1 Å². The van der Waals surface area contributed by atoms with Crippen molar-refractivity contribution < 1.29 is 9.47 Å². The molecule has 6 nitrogen and oxygen atoms in total. The van der Waals surface area contributed by atoms with Gasteiger partial charge in [0.2, 0.25) is 0 Å². The highest BCUT2D eigenvalue weighted by atomic mass is 32.1. The molecule has 0 bridgehead atoms. The normalized spacial score (nSPS) is 19.0. The van der Waals surface area contributed by atoms with Crippen molar-refractivity contribution in [2.75, 3.05) is 39.9 Å². The van der Waals surface area contributed by atoms with Crippen molar-refractivity contribution in [3.05, 3.63) is 52.2 Å². The van der Waals surface area contributed by atoms with Crippen LogP contribution in [0.3, 0.4) is 0 Å². The molecule has 1 fully saturated rings. The van der Waals surface area contributed by atoms with Gasteiger partial charge in [0.25, 0.3) is 0 Å². The second-order valence-electron chi connectivity index (χ2n) is 7.13. The second-order valence-corrected chi connectivity index (χ2v) is 8.11. The van der Waals surface area contributed by atoms with Crippen LogP contribution in [0.15, 0.2) is 46.8 Å². The quantitative estimate of drug-likeness (QED) is 0.511. The number of nitrogens with zero attached hydrogens (tertiary/aromatic N) is 2. The predicted molar refractivity (Wildman–Crippen MR) is 120 cm³/mol. The van der Waals surface area contributed by atoms with E-state index >= 15 is 0 Å². The summed E-state index contributed by atoms with van der Waals surface area (Å²) in [6.07, 6.45) is 0.267. The molecular formula is C22H32N4O2S. The Balaban J connectivity index is 1.65. The Bertz CT molecular complexity index is 749. The summed E-state index contributed by atoms with van der Waals surface area (Å²) in [5, 5.41) is 9.06. The molecule has 1 aliphatic heterocycles. The molecule has 2 atom stereocenters. The standard InChI is InChI=1S/C22H32N4O2S/c1-4-23-22(24-14-18-7-9-19(27-3)10-8-18)25-15-20(21-6-5-13-29-21)26-11-12-28-17(2)16-26/h5-10,13,17,20H,4,11-12,14-16H2,1-3H3,(H2,23,24,25). The van der Waals surface area contributed by atoms with Gasteiger partial charge in [0, 0.05) is 31.1 Å². The van der Waals surface area contributed by atoms with Crippen molar-refractivity contribution in [3.63, 3.8) is 0 Å². The molecule has 3 rings (SSSR count). The van der Waals surface area contributed by atoms with Crippen LogP contribution in [0, 0.1) is 0 Å². The first-order chi connectivity index (χ1) is 14.2. The SMILES string of the molecule is CCNC(=NCc1ccc(OC)cc1)NCC(c1cccs1)N1CCOC(C)C1. The van der Waals surface area contributed by atoms with Crippen LogP contribution in [0.1, 0.15) is 30.3 Å². The molecule has 1 aromatic carbocycles. The number of nitrogens with one attached hydrogen (secondary N) is 2. The first kappa shape index (κ1) is 21.6. The fraction of sp³-hybridized carbons (Fsp3) is 0.500. The van der Waals surface area contributed by atoms with E-state index in [4.69, 9.17) is 14.5 Å².